The summed E-state index contributed by atoms with van der Waals surface area (Å²) < 4.78 is 10.5. The molecule has 0 radical (unpaired) electrons. The number of hydrogen-bond donors (Lipinski definition) is 0. The maximum absolute atomic E-state index is 12.2. The third-order valence-electron chi connectivity index (χ3n) is 3.64. The van der Waals surface area contributed by atoms with Crippen molar-refractivity contribution in [1.29, 1.82) is 0 Å². The topological polar surface area (TPSA) is 35.5 Å². The van der Waals surface area contributed by atoms with Crippen molar-refractivity contribution in [3.8, 4) is 5.75 Å². The molecule has 3 nitrogen and oxygen atoms in total. The molecule has 0 aliphatic carbocycles. The van der Waals surface area contributed by atoms with Crippen LogP contribution in [0.4, 0.5) is 0 Å². The van der Waals surface area contributed by atoms with Gasteiger partial charge in [0.1, 0.15) is 5.75 Å². The van der Waals surface area contributed by atoms with E-state index in [0.717, 1.165) is 11.3 Å². The molecule has 1 aromatic carbocycles. The summed E-state index contributed by atoms with van der Waals surface area (Å²) in [5.41, 5.74) is 0.531. The lowest BCUT2D eigenvalue weighted by atomic mass is 9.71. The molecule has 18 heavy (non-hydrogen) atoms. The monoisotopic (exact) mass is 268 g/mol. The molecule has 0 amide bonds. The van der Waals surface area contributed by atoms with Crippen molar-refractivity contribution in [1.82, 2.24) is 0 Å². The second-order valence-electron chi connectivity index (χ2n) is 4.48. The summed E-state index contributed by atoms with van der Waals surface area (Å²) in [5.74, 6) is 0.920. The summed E-state index contributed by atoms with van der Waals surface area (Å²) in [6.07, 6.45) is 1.40. The van der Waals surface area contributed by atoms with E-state index in [4.69, 9.17) is 21.1 Å². The molecule has 0 saturated carbocycles. The molecule has 0 aromatic heterocycles. The van der Waals surface area contributed by atoms with E-state index < -0.39 is 5.41 Å². The second kappa shape index (κ2) is 5.72. The van der Waals surface area contributed by atoms with Crippen LogP contribution in [0.3, 0.4) is 0 Å². The van der Waals surface area contributed by atoms with Crippen LogP contribution in [0.5, 0.6) is 5.75 Å². The molecule has 1 aromatic rings. The average molecular weight is 269 g/mol. The lowest BCUT2D eigenvalue weighted by Gasteiger charge is -2.35. The Morgan fingerprint density at radius 1 is 1.33 bits per heavy atom. The average Bonchev–Trinajstić information content (AvgIpc) is 2.47. The number of hydrogen-bond acceptors (Lipinski definition) is 3. The zero-order valence-electron chi connectivity index (χ0n) is 10.4. The number of ether oxygens (including phenoxy) is 2. The van der Waals surface area contributed by atoms with Gasteiger partial charge in [-0.05, 0) is 30.5 Å². The molecule has 1 saturated heterocycles. The molecule has 0 spiro atoms. The van der Waals surface area contributed by atoms with Crippen LogP contribution in [0.1, 0.15) is 18.4 Å². The minimum absolute atomic E-state index is 0.0476. The lowest BCUT2D eigenvalue weighted by molar-refractivity contribution is -0.125. The van der Waals surface area contributed by atoms with E-state index in [1.807, 2.05) is 24.3 Å². The Morgan fingerprint density at radius 3 is 2.44 bits per heavy atom. The van der Waals surface area contributed by atoms with E-state index in [0.29, 0.717) is 26.1 Å². The number of ketones is 1. The lowest BCUT2D eigenvalue weighted by Crippen LogP contribution is -2.42. The molecule has 0 bridgehead atoms. The molecule has 98 valence electrons. The fourth-order valence-electron chi connectivity index (χ4n) is 2.49. The van der Waals surface area contributed by atoms with Crippen molar-refractivity contribution < 1.29 is 14.3 Å². The van der Waals surface area contributed by atoms with Gasteiger partial charge in [0.05, 0.1) is 18.4 Å². The van der Waals surface area contributed by atoms with Gasteiger partial charge in [0.25, 0.3) is 0 Å². The summed E-state index contributed by atoms with van der Waals surface area (Å²) in [6.45, 7) is 1.21. The summed E-state index contributed by atoms with van der Waals surface area (Å²) in [7, 11) is 1.63. The maximum atomic E-state index is 12.2. The van der Waals surface area contributed by atoms with Crippen LogP contribution in [0, 0.1) is 0 Å². The predicted octanol–water partition coefficient (Wildman–Crippen LogP) is 2.55. The molecular weight excluding hydrogens is 252 g/mol. The van der Waals surface area contributed by atoms with Crippen LogP contribution < -0.4 is 4.74 Å². The Balaban J connectivity index is 2.35. The number of rotatable bonds is 4. The number of halogens is 1. The van der Waals surface area contributed by atoms with Crippen LogP contribution in [-0.2, 0) is 14.9 Å². The van der Waals surface area contributed by atoms with E-state index in [1.54, 1.807) is 7.11 Å². The number of carbonyl (C=O) groups excluding carboxylic acids is 1. The van der Waals surface area contributed by atoms with Crippen molar-refractivity contribution in [3.63, 3.8) is 0 Å². The first kappa shape index (κ1) is 13.4. The second-order valence-corrected chi connectivity index (χ2v) is 4.75. The Kier molecular flexibility index (Phi) is 4.25. The Hall–Kier alpha value is -1.06. The van der Waals surface area contributed by atoms with Crippen LogP contribution in [-0.4, -0.2) is 32.0 Å². The van der Waals surface area contributed by atoms with Gasteiger partial charge in [0.2, 0.25) is 0 Å². The number of carbonyl (C=O) groups is 1. The molecule has 2 rings (SSSR count). The van der Waals surface area contributed by atoms with Crippen LogP contribution in [0.25, 0.3) is 0 Å². The van der Waals surface area contributed by atoms with Gasteiger partial charge < -0.3 is 9.47 Å². The minimum Gasteiger partial charge on any atom is -0.497 e. The fourth-order valence-corrected chi connectivity index (χ4v) is 2.74. The highest BCUT2D eigenvalue weighted by atomic mass is 35.5. The zero-order chi connectivity index (χ0) is 13.0. The molecule has 4 heteroatoms. The normalized spacial score (nSPS) is 18.3. The van der Waals surface area contributed by atoms with Gasteiger partial charge in [0, 0.05) is 13.2 Å². The van der Waals surface area contributed by atoms with Gasteiger partial charge in [-0.3, -0.25) is 4.79 Å². The molecule has 0 unspecified atom stereocenters. The highest BCUT2D eigenvalue weighted by molar-refractivity contribution is 6.29. The van der Waals surface area contributed by atoms with Crippen molar-refractivity contribution in [2.75, 3.05) is 26.2 Å². The van der Waals surface area contributed by atoms with Gasteiger partial charge in [-0.25, -0.2) is 0 Å². The van der Waals surface area contributed by atoms with Crippen LogP contribution in [0.15, 0.2) is 24.3 Å². The smallest absolute Gasteiger partial charge is 0.158 e. The first-order chi connectivity index (χ1) is 8.73. The first-order valence-corrected chi connectivity index (χ1v) is 6.58. The standard InChI is InChI=1S/C14H17ClO3/c1-17-12-4-2-11(3-5-12)14(13(16)10-15)6-8-18-9-7-14/h2-5H,6-10H2,1H3. The van der Waals surface area contributed by atoms with Crippen molar-refractivity contribution in [3.05, 3.63) is 29.8 Å². The molecule has 1 aliphatic heterocycles. The quantitative estimate of drug-likeness (QED) is 0.788. The van der Waals surface area contributed by atoms with E-state index >= 15 is 0 Å². The van der Waals surface area contributed by atoms with E-state index in [1.165, 1.54) is 0 Å². The fraction of sp³-hybridized carbons (Fsp3) is 0.500. The predicted molar refractivity (Wildman–Crippen MR) is 70.5 cm³/mol. The molecular formula is C14H17ClO3. The largest absolute Gasteiger partial charge is 0.497 e. The van der Waals surface area contributed by atoms with E-state index in [9.17, 15) is 4.79 Å². The number of Topliss-reactive ketones (excluding diaryl/α,β-unsaturated/α-hetero) is 1. The first-order valence-electron chi connectivity index (χ1n) is 6.04. The van der Waals surface area contributed by atoms with Gasteiger partial charge in [0.15, 0.2) is 5.78 Å². The molecule has 0 atom stereocenters. The van der Waals surface area contributed by atoms with Gasteiger partial charge in [-0.1, -0.05) is 12.1 Å². The zero-order valence-corrected chi connectivity index (χ0v) is 11.2. The Bertz CT molecular complexity index is 408. The van der Waals surface area contributed by atoms with Crippen molar-refractivity contribution in [2.45, 2.75) is 18.3 Å². The van der Waals surface area contributed by atoms with Gasteiger partial charge >= 0.3 is 0 Å². The summed E-state index contributed by atoms with van der Waals surface area (Å²) in [4.78, 5) is 12.2. The highest BCUT2D eigenvalue weighted by Gasteiger charge is 2.40. The van der Waals surface area contributed by atoms with Crippen LogP contribution in [0.2, 0.25) is 0 Å². The Labute approximate surface area is 112 Å². The summed E-state index contributed by atoms with van der Waals surface area (Å²) in [6, 6.07) is 7.67. The van der Waals surface area contributed by atoms with Crippen LogP contribution >= 0.6 is 11.6 Å². The summed E-state index contributed by atoms with van der Waals surface area (Å²) in [5, 5.41) is 0. The SMILES string of the molecule is COc1ccc(C2(C(=O)CCl)CCOCC2)cc1. The Morgan fingerprint density at radius 2 is 1.94 bits per heavy atom. The molecule has 0 N–H and O–H groups in total. The molecule has 1 aliphatic rings. The van der Waals surface area contributed by atoms with Gasteiger partial charge in [-0.15, -0.1) is 11.6 Å². The van der Waals surface area contributed by atoms with E-state index in [-0.39, 0.29) is 11.7 Å². The number of methoxy groups -OCH3 is 1. The minimum atomic E-state index is -0.480. The van der Waals surface area contributed by atoms with E-state index in [2.05, 4.69) is 0 Å². The van der Waals surface area contributed by atoms with Crippen molar-refractivity contribution in [2.24, 2.45) is 0 Å². The molecule has 1 fully saturated rings. The highest BCUT2D eigenvalue weighted by Crippen LogP contribution is 2.36. The third-order valence-corrected chi connectivity index (χ3v) is 3.89. The number of benzene rings is 1. The summed E-state index contributed by atoms with van der Waals surface area (Å²) >= 11 is 5.77. The maximum Gasteiger partial charge on any atom is 0.158 e. The van der Waals surface area contributed by atoms with Gasteiger partial charge in [-0.2, -0.15) is 0 Å². The number of alkyl halides is 1. The third kappa shape index (κ3) is 2.38. The van der Waals surface area contributed by atoms with Crippen molar-refractivity contribution >= 4 is 17.4 Å². The molecule has 1 heterocycles.